The van der Waals surface area contributed by atoms with Gasteiger partial charge in [-0.15, -0.1) is 0 Å². The van der Waals surface area contributed by atoms with E-state index in [9.17, 15) is 0 Å². The van der Waals surface area contributed by atoms with Gasteiger partial charge in [0.25, 0.3) is 0 Å². The normalized spacial score (nSPS) is 28.9. The van der Waals surface area contributed by atoms with E-state index in [1.54, 1.807) is 0 Å². The third-order valence-corrected chi connectivity index (χ3v) is 5.10. The molecule has 1 aliphatic carbocycles. The van der Waals surface area contributed by atoms with Gasteiger partial charge in [-0.3, -0.25) is 4.90 Å². The minimum atomic E-state index is 0.411. The first-order valence-corrected chi connectivity index (χ1v) is 7.87. The van der Waals surface area contributed by atoms with Crippen molar-refractivity contribution in [2.75, 3.05) is 13.1 Å². The topological polar surface area (TPSA) is 47.1 Å². The zero-order chi connectivity index (χ0) is 14.2. The summed E-state index contributed by atoms with van der Waals surface area (Å²) >= 11 is 0. The molecule has 2 aliphatic rings. The van der Waals surface area contributed by atoms with Gasteiger partial charge < -0.3 is 10.3 Å². The molecule has 3 unspecified atom stereocenters. The molecule has 4 heteroatoms. The van der Waals surface area contributed by atoms with Crippen molar-refractivity contribution in [3.05, 3.63) is 48.5 Å². The number of imidazole rings is 1. The second-order valence-corrected chi connectivity index (χ2v) is 6.41. The molecule has 21 heavy (non-hydrogen) atoms. The second-order valence-electron chi connectivity index (χ2n) is 6.41. The maximum Gasteiger partial charge on any atom is 0.127 e. The summed E-state index contributed by atoms with van der Waals surface area (Å²) in [6.07, 6.45) is 6.45. The van der Waals surface area contributed by atoms with Gasteiger partial charge in [-0.1, -0.05) is 18.2 Å². The molecule has 110 valence electrons. The lowest BCUT2D eigenvalue weighted by Crippen LogP contribution is -2.30. The van der Waals surface area contributed by atoms with E-state index in [-0.39, 0.29) is 0 Å². The average Bonchev–Trinajstić information content (AvgIpc) is 3.19. The minimum Gasteiger partial charge on any atom is -0.327 e. The van der Waals surface area contributed by atoms with Gasteiger partial charge in [0, 0.05) is 37.2 Å². The molecule has 1 saturated heterocycles. The molecule has 0 bridgehead atoms. The Labute approximate surface area is 125 Å². The highest BCUT2D eigenvalue weighted by Gasteiger charge is 2.40. The van der Waals surface area contributed by atoms with Crippen LogP contribution < -0.4 is 5.73 Å². The predicted octanol–water partition coefficient (Wildman–Crippen LogP) is 2.04. The largest absolute Gasteiger partial charge is 0.327 e. The highest BCUT2D eigenvalue weighted by Crippen LogP contribution is 2.37. The van der Waals surface area contributed by atoms with Crippen molar-refractivity contribution < 1.29 is 0 Å². The lowest BCUT2D eigenvalue weighted by molar-refractivity contribution is 0.289. The Kier molecular flexibility index (Phi) is 3.28. The van der Waals surface area contributed by atoms with Crippen LogP contribution in [-0.4, -0.2) is 33.6 Å². The van der Waals surface area contributed by atoms with E-state index in [0.29, 0.717) is 12.0 Å². The summed E-state index contributed by atoms with van der Waals surface area (Å²) in [6.45, 7) is 3.23. The zero-order valence-corrected chi connectivity index (χ0v) is 12.2. The van der Waals surface area contributed by atoms with Gasteiger partial charge >= 0.3 is 0 Å². The Morgan fingerprint density at radius 3 is 2.81 bits per heavy atom. The Morgan fingerprint density at radius 2 is 2.00 bits per heavy atom. The fourth-order valence-electron chi connectivity index (χ4n) is 4.00. The van der Waals surface area contributed by atoms with Crippen LogP contribution in [-0.2, 0) is 6.54 Å². The summed E-state index contributed by atoms with van der Waals surface area (Å²) in [5, 5.41) is 0. The molecule has 0 amide bonds. The molecule has 2 fully saturated rings. The number of hydrogen-bond acceptors (Lipinski definition) is 3. The molecule has 1 aliphatic heterocycles. The monoisotopic (exact) mass is 282 g/mol. The third-order valence-electron chi connectivity index (χ3n) is 5.10. The summed E-state index contributed by atoms with van der Waals surface area (Å²) in [5.41, 5.74) is 7.41. The smallest absolute Gasteiger partial charge is 0.127 e. The number of nitrogens with two attached hydrogens (primary N) is 1. The Balaban J connectivity index is 1.51. The van der Waals surface area contributed by atoms with Crippen molar-refractivity contribution in [1.29, 1.82) is 0 Å². The number of hydrogen-bond donors (Lipinski definition) is 1. The average molecular weight is 282 g/mol. The molecule has 2 heterocycles. The Hall–Kier alpha value is -1.65. The highest BCUT2D eigenvalue weighted by atomic mass is 15.2. The number of likely N-dealkylation sites (tertiary alicyclic amines) is 1. The maximum absolute atomic E-state index is 6.23. The molecule has 2 aromatic rings. The molecule has 1 aromatic carbocycles. The van der Waals surface area contributed by atoms with Gasteiger partial charge in [-0.05, 0) is 36.8 Å². The van der Waals surface area contributed by atoms with Crippen LogP contribution in [0.15, 0.2) is 42.7 Å². The molecule has 2 N–H and O–H groups in total. The number of fused-ring (bicyclic) bond motifs is 1. The van der Waals surface area contributed by atoms with Crippen LogP contribution in [0.5, 0.6) is 0 Å². The van der Waals surface area contributed by atoms with Gasteiger partial charge in [0.15, 0.2) is 0 Å². The summed E-state index contributed by atoms with van der Waals surface area (Å²) in [6, 6.07) is 10.8. The van der Waals surface area contributed by atoms with Crippen LogP contribution in [0, 0.1) is 11.8 Å². The second kappa shape index (κ2) is 5.28. The molecule has 1 aromatic heterocycles. The van der Waals surface area contributed by atoms with Crippen molar-refractivity contribution in [3.8, 4) is 5.69 Å². The summed E-state index contributed by atoms with van der Waals surface area (Å²) in [4.78, 5) is 7.08. The lowest BCUT2D eigenvalue weighted by Gasteiger charge is -2.18. The van der Waals surface area contributed by atoms with Crippen molar-refractivity contribution >= 4 is 0 Å². The summed E-state index contributed by atoms with van der Waals surface area (Å²) < 4.78 is 2.19. The van der Waals surface area contributed by atoms with Gasteiger partial charge in [-0.25, -0.2) is 4.98 Å². The molecule has 0 spiro atoms. The number of rotatable bonds is 3. The number of nitrogens with zero attached hydrogens (tertiary/aromatic N) is 3. The first-order valence-electron chi connectivity index (χ1n) is 7.87. The number of para-hydroxylation sites is 1. The molecule has 0 radical (unpaired) electrons. The van der Waals surface area contributed by atoms with Crippen LogP contribution in [0.1, 0.15) is 18.7 Å². The van der Waals surface area contributed by atoms with Crippen LogP contribution in [0.2, 0.25) is 0 Å². The first kappa shape index (κ1) is 13.0. The van der Waals surface area contributed by atoms with E-state index >= 15 is 0 Å². The number of aromatic nitrogens is 2. The van der Waals surface area contributed by atoms with Crippen molar-refractivity contribution in [2.45, 2.75) is 25.4 Å². The van der Waals surface area contributed by atoms with Crippen molar-refractivity contribution in [2.24, 2.45) is 17.6 Å². The van der Waals surface area contributed by atoms with Gasteiger partial charge in [0.2, 0.25) is 0 Å². The third kappa shape index (κ3) is 2.39. The Bertz CT molecular complexity index is 606. The van der Waals surface area contributed by atoms with E-state index in [1.807, 2.05) is 18.5 Å². The molecule has 4 rings (SSSR count). The van der Waals surface area contributed by atoms with Crippen molar-refractivity contribution in [1.82, 2.24) is 14.5 Å². The van der Waals surface area contributed by atoms with Crippen LogP contribution >= 0.6 is 0 Å². The van der Waals surface area contributed by atoms with Crippen LogP contribution in [0.4, 0.5) is 0 Å². The molecule has 1 saturated carbocycles. The first-order chi connectivity index (χ1) is 10.3. The van der Waals surface area contributed by atoms with E-state index in [4.69, 9.17) is 5.73 Å². The van der Waals surface area contributed by atoms with E-state index in [1.165, 1.54) is 25.1 Å². The highest BCUT2D eigenvalue weighted by molar-refractivity contribution is 5.32. The molecular formula is C17H22N4. The maximum atomic E-state index is 6.23. The standard InChI is InChI=1S/C17H22N4/c18-16-7-6-13-10-20(11-15(13)16)12-17-19-8-9-21(17)14-4-2-1-3-5-14/h1-5,8-9,13,15-16H,6-7,10-12,18H2. The van der Waals surface area contributed by atoms with Crippen LogP contribution in [0.3, 0.4) is 0 Å². The van der Waals surface area contributed by atoms with Crippen LogP contribution in [0.25, 0.3) is 5.69 Å². The van der Waals surface area contributed by atoms with E-state index in [0.717, 1.165) is 24.8 Å². The van der Waals surface area contributed by atoms with Crippen molar-refractivity contribution in [3.63, 3.8) is 0 Å². The minimum absolute atomic E-state index is 0.411. The fraction of sp³-hybridized carbons (Fsp3) is 0.471. The van der Waals surface area contributed by atoms with Gasteiger partial charge in [0.1, 0.15) is 5.82 Å². The fourth-order valence-corrected chi connectivity index (χ4v) is 4.00. The van der Waals surface area contributed by atoms with Gasteiger partial charge in [-0.2, -0.15) is 0 Å². The quantitative estimate of drug-likeness (QED) is 0.937. The van der Waals surface area contributed by atoms with E-state index < -0.39 is 0 Å². The SMILES string of the molecule is NC1CCC2CN(Cc3nccn3-c3ccccc3)CC12. The summed E-state index contributed by atoms with van der Waals surface area (Å²) in [7, 11) is 0. The molecule has 4 nitrogen and oxygen atoms in total. The van der Waals surface area contributed by atoms with E-state index in [2.05, 4.69) is 38.7 Å². The molecule has 3 atom stereocenters. The molecular weight excluding hydrogens is 260 g/mol. The predicted molar refractivity (Wildman–Crippen MR) is 83.0 cm³/mol. The zero-order valence-electron chi connectivity index (χ0n) is 12.2. The lowest BCUT2D eigenvalue weighted by atomic mass is 9.98. The van der Waals surface area contributed by atoms with Gasteiger partial charge in [0.05, 0.1) is 6.54 Å². The number of benzene rings is 1. The Morgan fingerprint density at radius 1 is 1.14 bits per heavy atom. The summed E-state index contributed by atoms with van der Waals surface area (Å²) in [5.74, 6) is 2.63.